The second-order valence-corrected chi connectivity index (χ2v) is 7.36. The smallest absolute Gasteiger partial charge is 0.241 e. The molecule has 20 heavy (non-hydrogen) atoms. The molecule has 0 bridgehead atoms. The van der Waals surface area contributed by atoms with Gasteiger partial charge in [0.15, 0.2) is 0 Å². The minimum absolute atomic E-state index is 0.0149. The first kappa shape index (κ1) is 17.6. The van der Waals surface area contributed by atoms with Crippen LogP contribution in [0.25, 0.3) is 0 Å². The minimum Gasteiger partial charge on any atom is -0.380 e. The molecule has 1 N–H and O–H groups in total. The quantitative estimate of drug-likeness (QED) is 0.718. The van der Waals surface area contributed by atoms with Crippen LogP contribution < -0.4 is 4.72 Å². The molecule has 0 fully saturated rings. The van der Waals surface area contributed by atoms with Gasteiger partial charge in [-0.25, -0.2) is 17.5 Å². The Kier molecular flexibility index (Phi) is 7.08. The van der Waals surface area contributed by atoms with Crippen LogP contribution in [0, 0.1) is 11.7 Å². The average Bonchev–Trinajstić information content (AvgIpc) is 2.32. The molecule has 0 aliphatic heterocycles. The van der Waals surface area contributed by atoms with Gasteiger partial charge in [-0.05, 0) is 46.5 Å². The molecule has 0 spiro atoms. The lowest BCUT2D eigenvalue weighted by atomic mass is 10.1. The molecule has 0 aliphatic rings. The van der Waals surface area contributed by atoms with E-state index in [0.29, 0.717) is 19.1 Å². The van der Waals surface area contributed by atoms with Crippen molar-refractivity contribution in [3.8, 4) is 0 Å². The van der Waals surface area contributed by atoms with E-state index >= 15 is 0 Å². The molecule has 0 amide bonds. The third-order valence-corrected chi connectivity index (χ3v) is 5.00. The van der Waals surface area contributed by atoms with Crippen LogP contribution in [0.4, 0.5) is 4.39 Å². The summed E-state index contributed by atoms with van der Waals surface area (Å²) >= 11 is 3.04. The number of sulfonamides is 1. The molecule has 4 nitrogen and oxygen atoms in total. The Hall–Kier alpha value is -0.500. The fourth-order valence-electron chi connectivity index (χ4n) is 1.44. The lowest BCUT2D eigenvalue weighted by Crippen LogP contribution is -2.28. The summed E-state index contributed by atoms with van der Waals surface area (Å²) in [6, 6.07) is 3.45. The van der Waals surface area contributed by atoms with Crippen molar-refractivity contribution in [2.45, 2.75) is 25.2 Å². The van der Waals surface area contributed by atoms with Gasteiger partial charge in [-0.1, -0.05) is 13.8 Å². The molecule has 7 heteroatoms. The highest BCUT2D eigenvalue weighted by molar-refractivity contribution is 9.10. The first-order chi connectivity index (χ1) is 9.33. The minimum atomic E-state index is -3.65. The summed E-state index contributed by atoms with van der Waals surface area (Å²) in [5, 5.41) is 0. The zero-order valence-electron chi connectivity index (χ0n) is 11.5. The monoisotopic (exact) mass is 367 g/mol. The standard InChI is InChI=1S/C13H19BrFNO3S/c1-10(2)5-7-19-8-6-16-20(17,18)13-4-3-11(15)9-12(13)14/h3-4,9-10,16H,5-8H2,1-2H3. The topological polar surface area (TPSA) is 55.4 Å². The van der Waals surface area contributed by atoms with E-state index in [9.17, 15) is 12.8 Å². The molecule has 0 saturated heterocycles. The van der Waals surface area contributed by atoms with Gasteiger partial charge in [-0.15, -0.1) is 0 Å². The van der Waals surface area contributed by atoms with E-state index in [1.807, 2.05) is 0 Å². The van der Waals surface area contributed by atoms with Crippen LogP contribution in [-0.4, -0.2) is 28.2 Å². The Morgan fingerprint density at radius 3 is 2.65 bits per heavy atom. The van der Waals surface area contributed by atoms with Crippen molar-refractivity contribution in [2.24, 2.45) is 5.92 Å². The van der Waals surface area contributed by atoms with Crippen molar-refractivity contribution in [1.82, 2.24) is 4.72 Å². The zero-order chi connectivity index (χ0) is 15.2. The predicted molar refractivity (Wildman–Crippen MR) is 79.6 cm³/mol. The highest BCUT2D eigenvalue weighted by Crippen LogP contribution is 2.22. The Morgan fingerprint density at radius 2 is 2.05 bits per heavy atom. The second-order valence-electron chi connectivity index (χ2n) is 4.77. The fourth-order valence-corrected chi connectivity index (χ4v) is 3.50. The molecule has 1 aromatic rings. The highest BCUT2D eigenvalue weighted by atomic mass is 79.9. The molecule has 0 heterocycles. The summed E-state index contributed by atoms with van der Waals surface area (Å²) in [4.78, 5) is 0.0149. The van der Waals surface area contributed by atoms with Crippen LogP contribution in [-0.2, 0) is 14.8 Å². The fraction of sp³-hybridized carbons (Fsp3) is 0.538. The number of nitrogens with one attached hydrogen (secondary N) is 1. The first-order valence-electron chi connectivity index (χ1n) is 6.35. The van der Waals surface area contributed by atoms with Crippen LogP contribution >= 0.6 is 15.9 Å². The van der Waals surface area contributed by atoms with E-state index in [1.54, 1.807) is 0 Å². The molecular weight excluding hydrogens is 349 g/mol. The van der Waals surface area contributed by atoms with Gasteiger partial charge in [0.2, 0.25) is 10.0 Å². The Balaban J connectivity index is 2.46. The van der Waals surface area contributed by atoms with Crippen molar-refractivity contribution in [3.63, 3.8) is 0 Å². The largest absolute Gasteiger partial charge is 0.380 e. The molecule has 0 aliphatic carbocycles. The maximum Gasteiger partial charge on any atom is 0.241 e. The van der Waals surface area contributed by atoms with Gasteiger partial charge in [-0.2, -0.15) is 0 Å². The summed E-state index contributed by atoms with van der Waals surface area (Å²) < 4.78 is 44.8. The summed E-state index contributed by atoms with van der Waals surface area (Å²) in [5.41, 5.74) is 0. The Labute approximate surface area is 127 Å². The third kappa shape index (κ3) is 5.87. The summed E-state index contributed by atoms with van der Waals surface area (Å²) in [7, 11) is -3.65. The van der Waals surface area contributed by atoms with Crippen molar-refractivity contribution in [3.05, 3.63) is 28.5 Å². The van der Waals surface area contributed by atoms with Crippen molar-refractivity contribution in [2.75, 3.05) is 19.8 Å². The van der Waals surface area contributed by atoms with Crippen LogP contribution in [0.1, 0.15) is 20.3 Å². The maximum atomic E-state index is 12.9. The van der Waals surface area contributed by atoms with Gasteiger partial charge in [0.1, 0.15) is 5.82 Å². The van der Waals surface area contributed by atoms with Gasteiger partial charge in [0.25, 0.3) is 0 Å². The maximum absolute atomic E-state index is 12.9. The van der Waals surface area contributed by atoms with Crippen molar-refractivity contribution < 1.29 is 17.5 Å². The van der Waals surface area contributed by atoms with Crippen LogP contribution in [0.15, 0.2) is 27.6 Å². The number of benzene rings is 1. The number of hydrogen-bond donors (Lipinski definition) is 1. The molecule has 1 rings (SSSR count). The van der Waals surface area contributed by atoms with E-state index < -0.39 is 15.8 Å². The third-order valence-electron chi connectivity index (χ3n) is 2.56. The van der Waals surface area contributed by atoms with Gasteiger partial charge in [0.05, 0.1) is 11.5 Å². The molecule has 0 aromatic heterocycles. The van der Waals surface area contributed by atoms with Gasteiger partial charge in [-0.3, -0.25) is 0 Å². The predicted octanol–water partition coefficient (Wildman–Crippen LogP) is 2.93. The average molecular weight is 368 g/mol. The number of halogens is 2. The first-order valence-corrected chi connectivity index (χ1v) is 8.63. The van der Waals surface area contributed by atoms with Crippen molar-refractivity contribution in [1.29, 1.82) is 0 Å². The van der Waals surface area contributed by atoms with E-state index in [0.717, 1.165) is 18.6 Å². The Morgan fingerprint density at radius 1 is 1.35 bits per heavy atom. The molecule has 0 saturated carbocycles. The second kappa shape index (κ2) is 8.07. The molecule has 0 unspecified atom stereocenters. The molecular formula is C13H19BrFNO3S. The molecule has 1 aromatic carbocycles. The van der Waals surface area contributed by atoms with Gasteiger partial charge < -0.3 is 4.74 Å². The van der Waals surface area contributed by atoms with Crippen LogP contribution in [0.3, 0.4) is 0 Å². The molecule has 0 atom stereocenters. The highest BCUT2D eigenvalue weighted by Gasteiger charge is 2.17. The van der Waals surface area contributed by atoms with E-state index in [2.05, 4.69) is 34.5 Å². The van der Waals surface area contributed by atoms with Crippen LogP contribution in [0.5, 0.6) is 0 Å². The summed E-state index contributed by atoms with van der Waals surface area (Å²) in [6.07, 6.45) is 0.941. The number of hydrogen-bond acceptors (Lipinski definition) is 3. The van der Waals surface area contributed by atoms with Crippen LogP contribution in [0.2, 0.25) is 0 Å². The SMILES string of the molecule is CC(C)CCOCCNS(=O)(=O)c1ccc(F)cc1Br. The molecule has 0 radical (unpaired) electrons. The normalized spacial score (nSPS) is 12.1. The van der Waals surface area contributed by atoms with Gasteiger partial charge >= 0.3 is 0 Å². The van der Waals surface area contributed by atoms with E-state index in [4.69, 9.17) is 4.74 Å². The lowest BCUT2D eigenvalue weighted by molar-refractivity contribution is 0.128. The van der Waals surface area contributed by atoms with E-state index in [1.165, 1.54) is 6.07 Å². The summed E-state index contributed by atoms with van der Waals surface area (Å²) in [6.45, 7) is 5.30. The number of rotatable bonds is 8. The summed E-state index contributed by atoms with van der Waals surface area (Å²) in [5.74, 6) is 0.0645. The number of ether oxygens (including phenoxy) is 1. The Bertz CT molecular complexity index is 534. The van der Waals surface area contributed by atoms with Gasteiger partial charge in [0, 0.05) is 17.6 Å². The van der Waals surface area contributed by atoms with E-state index in [-0.39, 0.29) is 15.9 Å². The zero-order valence-corrected chi connectivity index (χ0v) is 13.9. The lowest BCUT2D eigenvalue weighted by Gasteiger charge is -2.09. The van der Waals surface area contributed by atoms with Crippen molar-refractivity contribution >= 4 is 26.0 Å². The molecule has 114 valence electrons.